The van der Waals surface area contributed by atoms with Crippen LogP contribution in [-0.4, -0.2) is 18.4 Å². The van der Waals surface area contributed by atoms with E-state index in [1.165, 1.54) is 0 Å². The normalized spacial score (nSPS) is 10.2. The predicted molar refractivity (Wildman–Crippen MR) is 92.6 cm³/mol. The summed E-state index contributed by atoms with van der Waals surface area (Å²) in [6, 6.07) is 14.8. The maximum Gasteiger partial charge on any atom is 0.253 e. The number of nitrogens with one attached hydrogen (secondary N) is 2. The first kappa shape index (κ1) is 16.7. The zero-order valence-electron chi connectivity index (χ0n) is 13.6. The fraction of sp³-hybridized carbons (Fsp3) is 0.263. The lowest BCUT2D eigenvalue weighted by Crippen LogP contribution is -2.26. The van der Waals surface area contributed by atoms with Crippen LogP contribution in [0.2, 0.25) is 0 Å². The lowest BCUT2D eigenvalue weighted by molar-refractivity contribution is -0.115. The maximum absolute atomic E-state index is 12.3. The number of hydrogen-bond donors (Lipinski definition) is 2. The van der Waals surface area contributed by atoms with Gasteiger partial charge < -0.3 is 10.6 Å². The van der Waals surface area contributed by atoms with Gasteiger partial charge in [-0.25, -0.2) is 0 Å². The Morgan fingerprint density at radius 2 is 1.70 bits per heavy atom. The van der Waals surface area contributed by atoms with Crippen LogP contribution < -0.4 is 10.6 Å². The summed E-state index contributed by atoms with van der Waals surface area (Å²) in [5.74, 6) is -0.298. The molecule has 0 aliphatic rings. The summed E-state index contributed by atoms with van der Waals surface area (Å²) in [4.78, 5) is 24.4. The van der Waals surface area contributed by atoms with Gasteiger partial charge in [0.25, 0.3) is 5.91 Å². The summed E-state index contributed by atoms with van der Waals surface area (Å²) in [5, 5.41) is 5.67. The summed E-state index contributed by atoms with van der Waals surface area (Å²) in [6.45, 7) is 4.59. The van der Waals surface area contributed by atoms with Gasteiger partial charge in [-0.15, -0.1) is 0 Å². The summed E-state index contributed by atoms with van der Waals surface area (Å²) < 4.78 is 0. The van der Waals surface area contributed by atoms with Crippen LogP contribution in [0.25, 0.3) is 0 Å². The molecule has 2 N–H and O–H groups in total. The fourth-order valence-electron chi connectivity index (χ4n) is 2.30. The highest BCUT2D eigenvalue weighted by Crippen LogP contribution is 2.16. The smallest absolute Gasteiger partial charge is 0.253 e. The SMILES string of the molecule is CCCNC(=O)c1ccccc1NC(=O)Cc1ccccc1C. The van der Waals surface area contributed by atoms with Crippen molar-refractivity contribution in [2.75, 3.05) is 11.9 Å². The molecule has 0 saturated carbocycles. The zero-order chi connectivity index (χ0) is 16.7. The number of anilines is 1. The van der Waals surface area contributed by atoms with Gasteiger partial charge in [0.1, 0.15) is 0 Å². The third kappa shape index (κ3) is 4.68. The van der Waals surface area contributed by atoms with Gasteiger partial charge in [-0.1, -0.05) is 43.3 Å². The van der Waals surface area contributed by atoms with Crippen molar-refractivity contribution in [1.82, 2.24) is 5.32 Å². The highest BCUT2D eigenvalue weighted by Gasteiger charge is 2.13. The third-order valence-electron chi connectivity index (χ3n) is 3.59. The van der Waals surface area contributed by atoms with Gasteiger partial charge in [-0.2, -0.15) is 0 Å². The first-order chi connectivity index (χ1) is 11.1. The topological polar surface area (TPSA) is 58.2 Å². The minimum Gasteiger partial charge on any atom is -0.352 e. The average molecular weight is 310 g/mol. The molecule has 0 aliphatic carbocycles. The summed E-state index contributed by atoms with van der Waals surface area (Å²) in [5.41, 5.74) is 3.09. The molecule has 0 bridgehead atoms. The van der Waals surface area contributed by atoms with Crippen LogP contribution in [-0.2, 0) is 11.2 Å². The molecule has 2 aromatic carbocycles. The number of hydrogen-bond acceptors (Lipinski definition) is 2. The zero-order valence-corrected chi connectivity index (χ0v) is 13.6. The Labute approximate surface area is 136 Å². The Morgan fingerprint density at radius 3 is 2.43 bits per heavy atom. The van der Waals surface area contributed by atoms with Crippen LogP contribution >= 0.6 is 0 Å². The molecular weight excluding hydrogens is 288 g/mol. The lowest BCUT2D eigenvalue weighted by atomic mass is 10.1. The average Bonchev–Trinajstić information content (AvgIpc) is 2.55. The van der Waals surface area contributed by atoms with Gasteiger partial charge in [-0.05, 0) is 36.6 Å². The molecule has 2 aromatic rings. The number of rotatable bonds is 6. The van der Waals surface area contributed by atoms with Crippen molar-refractivity contribution in [1.29, 1.82) is 0 Å². The van der Waals surface area contributed by atoms with Crippen molar-refractivity contribution < 1.29 is 9.59 Å². The summed E-state index contributed by atoms with van der Waals surface area (Å²) in [7, 11) is 0. The second-order valence-electron chi connectivity index (χ2n) is 5.45. The number of carbonyl (C=O) groups excluding carboxylic acids is 2. The van der Waals surface area contributed by atoms with Crippen molar-refractivity contribution in [3.05, 3.63) is 65.2 Å². The summed E-state index contributed by atoms with van der Waals surface area (Å²) in [6.07, 6.45) is 1.16. The second-order valence-corrected chi connectivity index (χ2v) is 5.45. The molecule has 0 saturated heterocycles. The van der Waals surface area contributed by atoms with Gasteiger partial charge in [-0.3, -0.25) is 9.59 Å². The molecule has 23 heavy (non-hydrogen) atoms. The van der Waals surface area contributed by atoms with Crippen LogP contribution in [0.3, 0.4) is 0 Å². The highest BCUT2D eigenvalue weighted by molar-refractivity contribution is 6.04. The molecular formula is C19H22N2O2. The molecule has 0 spiro atoms. The van der Waals surface area contributed by atoms with E-state index in [9.17, 15) is 9.59 Å². The molecule has 0 aromatic heterocycles. The number of benzene rings is 2. The Hall–Kier alpha value is -2.62. The van der Waals surface area contributed by atoms with E-state index in [0.29, 0.717) is 17.8 Å². The van der Waals surface area contributed by atoms with Gasteiger partial charge >= 0.3 is 0 Å². The Balaban J connectivity index is 2.09. The lowest BCUT2D eigenvalue weighted by Gasteiger charge is -2.12. The van der Waals surface area contributed by atoms with E-state index in [0.717, 1.165) is 17.5 Å². The van der Waals surface area contributed by atoms with Crippen molar-refractivity contribution in [3.63, 3.8) is 0 Å². The molecule has 0 aliphatic heterocycles. The van der Waals surface area contributed by atoms with Gasteiger partial charge in [0.05, 0.1) is 17.7 Å². The molecule has 0 atom stereocenters. The van der Waals surface area contributed by atoms with Gasteiger partial charge in [0, 0.05) is 6.54 Å². The van der Waals surface area contributed by atoms with Crippen molar-refractivity contribution in [2.24, 2.45) is 0 Å². The third-order valence-corrected chi connectivity index (χ3v) is 3.59. The van der Waals surface area contributed by atoms with Crippen molar-refractivity contribution in [2.45, 2.75) is 26.7 Å². The van der Waals surface area contributed by atoms with E-state index in [2.05, 4.69) is 10.6 Å². The minimum atomic E-state index is -0.168. The Kier molecular flexibility index (Phi) is 5.92. The Morgan fingerprint density at radius 1 is 1.00 bits per heavy atom. The molecule has 2 amide bonds. The maximum atomic E-state index is 12.3. The van der Waals surface area contributed by atoms with Crippen LogP contribution in [0.1, 0.15) is 34.8 Å². The van der Waals surface area contributed by atoms with Gasteiger partial charge in [0.15, 0.2) is 0 Å². The van der Waals surface area contributed by atoms with E-state index < -0.39 is 0 Å². The van der Waals surface area contributed by atoms with E-state index in [-0.39, 0.29) is 18.2 Å². The van der Waals surface area contributed by atoms with E-state index in [1.807, 2.05) is 38.1 Å². The standard InChI is InChI=1S/C19H22N2O2/c1-3-12-20-19(23)16-10-6-7-11-17(16)21-18(22)13-15-9-5-4-8-14(15)2/h4-11H,3,12-13H2,1-2H3,(H,20,23)(H,21,22). The molecule has 2 rings (SSSR count). The molecule has 0 unspecified atom stereocenters. The molecule has 0 radical (unpaired) electrons. The number of amides is 2. The summed E-state index contributed by atoms with van der Waals surface area (Å²) >= 11 is 0. The molecule has 4 heteroatoms. The van der Waals surface area contributed by atoms with Crippen molar-refractivity contribution >= 4 is 17.5 Å². The number of carbonyl (C=O) groups is 2. The van der Waals surface area contributed by atoms with E-state index in [1.54, 1.807) is 24.3 Å². The van der Waals surface area contributed by atoms with E-state index >= 15 is 0 Å². The van der Waals surface area contributed by atoms with Crippen LogP contribution in [0, 0.1) is 6.92 Å². The molecule has 0 heterocycles. The Bertz CT molecular complexity index is 695. The largest absolute Gasteiger partial charge is 0.352 e. The van der Waals surface area contributed by atoms with Crippen LogP contribution in [0.15, 0.2) is 48.5 Å². The molecule has 4 nitrogen and oxygen atoms in total. The van der Waals surface area contributed by atoms with Crippen molar-refractivity contribution in [3.8, 4) is 0 Å². The highest BCUT2D eigenvalue weighted by atomic mass is 16.2. The quantitative estimate of drug-likeness (QED) is 0.860. The van der Waals surface area contributed by atoms with Crippen LogP contribution in [0.4, 0.5) is 5.69 Å². The molecule has 0 fully saturated rings. The number of para-hydroxylation sites is 1. The fourth-order valence-corrected chi connectivity index (χ4v) is 2.30. The number of aryl methyl sites for hydroxylation is 1. The predicted octanol–water partition coefficient (Wildman–Crippen LogP) is 3.32. The second kappa shape index (κ2) is 8.13. The minimum absolute atomic E-state index is 0.130. The first-order valence-electron chi connectivity index (χ1n) is 7.83. The monoisotopic (exact) mass is 310 g/mol. The van der Waals surface area contributed by atoms with E-state index in [4.69, 9.17) is 0 Å². The first-order valence-corrected chi connectivity index (χ1v) is 7.83. The molecule has 120 valence electrons. The van der Waals surface area contributed by atoms with Gasteiger partial charge in [0.2, 0.25) is 5.91 Å². The van der Waals surface area contributed by atoms with Crippen LogP contribution in [0.5, 0.6) is 0 Å².